The van der Waals surface area contributed by atoms with Crippen molar-refractivity contribution < 1.29 is 82.2 Å². The zero-order valence-corrected chi connectivity index (χ0v) is 71.4. The van der Waals surface area contributed by atoms with Crippen molar-refractivity contribution in [3.05, 3.63) is 155 Å². The van der Waals surface area contributed by atoms with Gasteiger partial charge in [0.15, 0.2) is 11.2 Å². The third-order valence-corrected chi connectivity index (χ3v) is 22.0. The Labute approximate surface area is 717 Å². The second kappa shape index (κ2) is 48.6. The molecule has 8 rings (SSSR count). The lowest BCUT2D eigenvalue weighted by molar-refractivity contribution is -0.142. The number of carboxylic acids is 1. The number of nitrogens with zero attached hydrogens (tertiary/aromatic N) is 4. The largest absolute Gasteiger partial charge is 0.492 e. The van der Waals surface area contributed by atoms with Crippen LogP contribution in [0.1, 0.15) is 180 Å². The van der Waals surface area contributed by atoms with Gasteiger partial charge in [0.1, 0.15) is 36.9 Å². The van der Waals surface area contributed by atoms with Crippen LogP contribution < -0.4 is 76.1 Å². The molecule has 1 saturated carbocycles. The number of primary amides is 1. The van der Waals surface area contributed by atoms with Gasteiger partial charge in [0.2, 0.25) is 35.5 Å². The monoisotopic (exact) mass is 1700 g/mol. The lowest BCUT2D eigenvalue weighted by atomic mass is 9.87. The smallest absolute Gasteiger partial charge is 0.408 e. The van der Waals surface area contributed by atoms with Gasteiger partial charge in [0, 0.05) is 78.7 Å². The minimum Gasteiger partial charge on any atom is -0.492 e. The molecule has 35 nitrogen and oxygen atoms in total. The number of aromatic hydroxyl groups is 1. The van der Waals surface area contributed by atoms with E-state index >= 15 is 0 Å². The lowest BCUT2D eigenvalue weighted by Crippen LogP contribution is -2.54. The first-order valence-electron chi connectivity index (χ1n) is 42.3. The van der Waals surface area contributed by atoms with Crippen LogP contribution in [0.25, 0.3) is 11.2 Å². The van der Waals surface area contributed by atoms with E-state index in [1.165, 1.54) is 12.3 Å². The molecule has 4 aromatic rings. The first-order chi connectivity index (χ1) is 58.8. The Morgan fingerprint density at radius 1 is 0.756 bits per heavy atom. The number of urea groups is 1. The second-order valence-corrected chi connectivity index (χ2v) is 32.4. The van der Waals surface area contributed by atoms with Crippen LogP contribution >= 0.6 is 0 Å². The van der Waals surface area contributed by atoms with E-state index in [1.807, 2.05) is 70.2 Å². The predicted molar refractivity (Wildman–Crippen MR) is 463 cm³/mol. The van der Waals surface area contributed by atoms with Crippen LogP contribution in [0.4, 0.5) is 31.7 Å². The maximum Gasteiger partial charge on any atom is 0.408 e. The third-order valence-electron chi connectivity index (χ3n) is 22.0. The number of aromatic nitrogens is 4. The molecule has 2 fully saturated rings. The number of unbranched alkanes of at least 4 members (excludes halogenated alkanes) is 1. The molecule has 9 amide bonds. The molecule has 0 radical (unpaired) electrons. The zero-order chi connectivity index (χ0) is 89.2. The molecule has 1 saturated heterocycles. The number of carbonyl (C=O) groups excluding carboxylic acids is 9. The van der Waals surface area contributed by atoms with E-state index in [1.54, 1.807) is 75.4 Å². The Balaban J connectivity index is 0.781. The fourth-order valence-corrected chi connectivity index (χ4v) is 15.1. The SMILES string of the molecule is C/C=C/C1O[C@H]([C@@H](/C=C/C=C(\C)C[C@@H](C)/C=C(C)\C=C\C2CC=CC(=O)O2)NC(=O)OCc2ccc(NC(=O)[C@H](CCCNC(N)=O)NC(=O)[C@@H](NC(=O)OC[C@@H]3[C@@H]4CC/C(N)=C(/NCCC[C@H](NC(=O)CC[C@@H](C)NC(=O)c5ccc(NCc6cnc7nc(N)nc(O)c7n6)cc5)C(=O)N[C@H](CCCCN)C(=O)O)CC[C@@H]43)C(C)C)cc2)C[C@@H](O)[C@@H]1C. The van der Waals surface area contributed by atoms with E-state index in [0.29, 0.717) is 85.5 Å². The van der Waals surface area contributed by atoms with E-state index in [2.05, 4.69) is 86.1 Å². The van der Waals surface area contributed by atoms with Crippen molar-refractivity contribution in [2.75, 3.05) is 42.6 Å². The van der Waals surface area contributed by atoms with E-state index in [4.69, 9.17) is 41.9 Å². The summed E-state index contributed by atoms with van der Waals surface area (Å²) in [5.41, 5.74) is 29.6. The molecule has 2 aliphatic heterocycles. The fraction of sp³-hybridized carbons (Fsp3) is 0.523. The number of benzene rings is 2. The number of ether oxygens (including phenoxy) is 4. The molecule has 2 aromatic carbocycles. The molecule has 4 heterocycles. The molecule has 21 N–H and O–H groups in total. The Hall–Kier alpha value is -12.0. The van der Waals surface area contributed by atoms with Gasteiger partial charge in [0.25, 0.3) is 5.91 Å². The predicted octanol–water partition coefficient (Wildman–Crippen LogP) is 7.93. The molecule has 2 aromatic heterocycles. The van der Waals surface area contributed by atoms with Gasteiger partial charge in [-0.2, -0.15) is 9.97 Å². The third kappa shape index (κ3) is 32.1. The number of nitrogens with one attached hydrogen (secondary N) is 10. The van der Waals surface area contributed by atoms with E-state index in [9.17, 15) is 63.3 Å². The summed E-state index contributed by atoms with van der Waals surface area (Å²) in [6.45, 7) is 16.1. The van der Waals surface area contributed by atoms with E-state index < -0.39 is 108 Å². The number of allylic oxidation sites excluding steroid dienone is 9. The first kappa shape index (κ1) is 96.5. The fourth-order valence-electron chi connectivity index (χ4n) is 15.1. The van der Waals surface area contributed by atoms with E-state index in [0.717, 1.165) is 36.1 Å². The number of nitrogen functional groups attached to an aromatic ring is 1. The standard InChI is InChI=1S/C88H124N18O17/c1-9-16-72-55(8)71(107)45-73(123-72)67(20-12-17-51(4)43-53(6)44-52(5)24-34-61-18-13-23-75(109)122-61)103-87(118)120-48-56-26-30-59(31-27-56)99-80(111)69(22-15-42-94-86(92)117)101-82(113)76(50(2)3)104-88(119)121-49-64-62-35-37-65(90)66(38-36-63(62)64)93-41-14-21-68(81(112)102-70(84(115)116)19-10-11-40-89)100-74(108)39-25-54(7)97-79(110)57-28-32-58(33-29-57)95-46-60-47-96-78-77(98-60)83(114)106-85(91)105-78/h9,12-13,16-17,20,23-24,26-34,44,47,50,53-55,61-64,67-73,76,93,95,107H,10-11,14-15,18-19,21-22,25,35-43,45-46,48-49,89-90H2,1-8H3,(H,97,110)(H,99,111)(H,100,108)(H,101,113)(H,102,112)(H,103,118)(H,104,119)(H,115,116)(H3,92,94,117)(H3,91,96,105,106,114)/b16-9+,20-12+,34-24+,51-17+,52-44-,66-65-/t53-,54-,55+,61?,62-,63+,64-,67-,68+,69+,70-,71-,72?,73+,76+/m1/s1. The molecule has 4 aliphatic rings. The van der Waals surface area contributed by atoms with Crippen molar-refractivity contribution in [3.8, 4) is 5.88 Å². The molecule has 668 valence electrons. The van der Waals surface area contributed by atoms with Gasteiger partial charge < -0.3 is 110 Å². The van der Waals surface area contributed by atoms with Crippen molar-refractivity contribution in [2.24, 2.45) is 52.7 Å². The average molecular weight is 1710 g/mol. The lowest BCUT2D eigenvalue weighted by Gasteiger charge is -2.39. The Bertz CT molecular complexity index is 4500. The number of esters is 1. The minimum absolute atomic E-state index is 0.0152. The molecule has 2 aliphatic carbocycles. The van der Waals surface area contributed by atoms with Crippen LogP contribution in [0.5, 0.6) is 5.88 Å². The Morgan fingerprint density at radius 2 is 1.45 bits per heavy atom. The van der Waals surface area contributed by atoms with Gasteiger partial charge in [-0.05, 0) is 195 Å². The highest BCUT2D eigenvalue weighted by atomic mass is 16.6. The summed E-state index contributed by atoms with van der Waals surface area (Å²) in [6.07, 6.45) is 22.9. The number of nitrogens with two attached hydrogens (primary N) is 4. The Morgan fingerprint density at radius 3 is 2.15 bits per heavy atom. The first-order valence-corrected chi connectivity index (χ1v) is 42.3. The van der Waals surface area contributed by atoms with Crippen molar-refractivity contribution in [2.45, 2.75) is 232 Å². The highest BCUT2D eigenvalue weighted by molar-refractivity contribution is 5.98. The van der Waals surface area contributed by atoms with Crippen molar-refractivity contribution in [1.29, 1.82) is 0 Å². The number of carboxylic acid groups (broad SMARTS) is 1. The van der Waals surface area contributed by atoms with Crippen LogP contribution in [0.15, 0.2) is 138 Å². The number of aliphatic hydroxyl groups is 1. The summed E-state index contributed by atoms with van der Waals surface area (Å²) >= 11 is 0. The van der Waals surface area contributed by atoms with Crippen LogP contribution in [0.3, 0.4) is 0 Å². The van der Waals surface area contributed by atoms with Crippen LogP contribution in [0.2, 0.25) is 0 Å². The maximum absolute atomic E-state index is 14.2. The summed E-state index contributed by atoms with van der Waals surface area (Å²) in [5.74, 6) is -4.91. The number of aliphatic carboxylic acids is 1. The van der Waals surface area contributed by atoms with Crippen molar-refractivity contribution >= 4 is 88.2 Å². The second-order valence-electron chi connectivity index (χ2n) is 32.4. The van der Waals surface area contributed by atoms with Crippen LogP contribution in [-0.4, -0.2) is 182 Å². The summed E-state index contributed by atoms with van der Waals surface area (Å²) in [4.78, 5) is 148. The van der Waals surface area contributed by atoms with Gasteiger partial charge in [-0.1, -0.05) is 99.6 Å². The summed E-state index contributed by atoms with van der Waals surface area (Å²) in [5, 5.41) is 60.0. The number of fused-ring (bicyclic) bond motifs is 2. The summed E-state index contributed by atoms with van der Waals surface area (Å²) in [6, 6.07) is 6.69. The van der Waals surface area contributed by atoms with Crippen LogP contribution in [0, 0.1) is 35.5 Å². The average Bonchev–Trinajstić information content (AvgIpc) is 1.62. The molecular weight excluding hydrogens is 1580 g/mol. The maximum atomic E-state index is 14.2. The number of amides is 9. The number of hydrogen-bond donors (Lipinski definition) is 17. The number of alkyl carbamates (subject to hydrolysis) is 2. The molecule has 15 atom stereocenters. The highest BCUT2D eigenvalue weighted by Gasteiger charge is 2.50. The quantitative estimate of drug-likeness (QED) is 0.00656. The zero-order valence-electron chi connectivity index (χ0n) is 71.4. The molecule has 0 spiro atoms. The van der Waals surface area contributed by atoms with Gasteiger partial charge in [-0.25, -0.2) is 33.9 Å². The van der Waals surface area contributed by atoms with Gasteiger partial charge in [-0.3, -0.25) is 24.0 Å². The molecule has 35 heteroatoms. The number of hydrogen-bond acceptors (Lipinski definition) is 25. The van der Waals surface area contributed by atoms with E-state index in [-0.39, 0.29) is 142 Å². The number of carbonyl (C=O) groups is 10. The molecule has 2 unspecified atom stereocenters. The molecule has 0 bridgehead atoms. The highest BCUT2D eigenvalue weighted by Crippen LogP contribution is 2.53. The van der Waals surface area contributed by atoms with Crippen molar-refractivity contribution in [1.82, 2.24) is 62.5 Å². The summed E-state index contributed by atoms with van der Waals surface area (Å²) < 4.78 is 23.3. The van der Waals surface area contributed by atoms with Gasteiger partial charge >= 0.3 is 30.2 Å². The van der Waals surface area contributed by atoms with Gasteiger partial charge in [0.05, 0.1) is 49.4 Å². The number of rotatable bonds is 45. The normalized spacial score (nSPS) is 21.5. The number of anilines is 3. The molecule has 123 heavy (non-hydrogen) atoms. The number of cyclic esters (lactones) is 1. The Kier molecular flexibility index (Phi) is 38.1. The summed E-state index contributed by atoms with van der Waals surface area (Å²) in [7, 11) is 0. The molecular formula is C88H124N18O17. The minimum atomic E-state index is -1.22. The topological polar surface area (TPSA) is 544 Å². The van der Waals surface area contributed by atoms with Crippen molar-refractivity contribution in [3.63, 3.8) is 0 Å². The van der Waals surface area contributed by atoms with Gasteiger partial charge in [-0.15, -0.1) is 0 Å². The number of aliphatic hydroxyl groups excluding tert-OH is 1. The van der Waals surface area contributed by atoms with Crippen LogP contribution in [-0.2, 0) is 60.9 Å².